The van der Waals surface area contributed by atoms with Crippen LogP contribution in [0.3, 0.4) is 0 Å². The summed E-state index contributed by atoms with van der Waals surface area (Å²) in [7, 11) is 0. The quantitative estimate of drug-likeness (QED) is 0.601. The number of amides is 1. The molecule has 1 unspecified atom stereocenters. The molecular weight excluding hydrogens is 208 g/mol. The largest absolute Gasteiger partial charge is 0.480 e. The van der Waals surface area contributed by atoms with Gasteiger partial charge >= 0.3 is 5.97 Å². The van der Waals surface area contributed by atoms with Gasteiger partial charge in [0.15, 0.2) is 0 Å². The van der Waals surface area contributed by atoms with E-state index in [-0.39, 0.29) is 24.3 Å². The standard InChI is InChI=1S/C11H22N2O3/c1-4-5-8(12)6-9(14)13-10(7(2)3)11(15)16/h7-8,10H,4-6,12H2,1-3H3,(H,13,14)(H,15,16)/t8?,10-/m1/s1. The second-order valence-corrected chi connectivity index (χ2v) is 4.38. The third-order valence-corrected chi connectivity index (χ3v) is 2.36. The van der Waals surface area contributed by atoms with Crippen molar-refractivity contribution in [1.29, 1.82) is 0 Å². The van der Waals surface area contributed by atoms with Crippen molar-refractivity contribution in [3.63, 3.8) is 0 Å². The molecule has 2 atom stereocenters. The van der Waals surface area contributed by atoms with Gasteiger partial charge in [-0.3, -0.25) is 4.79 Å². The van der Waals surface area contributed by atoms with E-state index in [4.69, 9.17) is 10.8 Å². The molecule has 0 saturated carbocycles. The van der Waals surface area contributed by atoms with Crippen molar-refractivity contribution in [2.45, 2.75) is 52.1 Å². The lowest BCUT2D eigenvalue weighted by atomic mass is 10.0. The van der Waals surface area contributed by atoms with Crippen molar-refractivity contribution in [2.24, 2.45) is 11.7 Å². The van der Waals surface area contributed by atoms with E-state index in [9.17, 15) is 9.59 Å². The van der Waals surface area contributed by atoms with Gasteiger partial charge < -0.3 is 16.2 Å². The Labute approximate surface area is 96.4 Å². The van der Waals surface area contributed by atoms with Crippen LogP contribution in [0.25, 0.3) is 0 Å². The summed E-state index contributed by atoms with van der Waals surface area (Å²) in [5, 5.41) is 11.4. The molecule has 0 saturated heterocycles. The predicted molar refractivity (Wildman–Crippen MR) is 61.9 cm³/mol. The lowest BCUT2D eigenvalue weighted by Gasteiger charge is -2.19. The van der Waals surface area contributed by atoms with Crippen LogP contribution in [-0.4, -0.2) is 29.1 Å². The summed E-state index contributed by atoms with van der Waals surface area (Å²) in [5.41, 5.74) is 5.70. The number of nitrogens with two attached hydrogens (primary N) is 1. The Morgan fingerprint density at radius 3 is 2.31 bits per heavy atom. The summed E-state index contributed by atoms with van der Waals surface area (Å²) in [6, 6.07) is -1.02. The number of carbonyl (C=O) groups is 2. The highest BCUT2D eigenvalue weighted by Gasteiger charge is 2.23. The molecule has 0 aliphatic carbocycles. The maximum absolute atomic E-state index is 11.5. The van der Waals surface area contributed by atoms with Gasteiger partial charge in [-0.25, -0.2) is 4.79 Å². The van der Waals surface area contributed by atoms with E-state index >= 15 is 0 Å². The molecule has 0 aliphatic rings. The van der Waals surface area contributed by atoms with Gasteiger partial charge in [-0.15, -0.1) is 0 Å². The summed E-state index contributed by atoms with van der Waals surface area (Å²) in [5.74, 6) is -1.43. The molecule has 4 N–H and O–H groups in total. The zero-order valence-electron chi connectivity index (χ0n) is 10.2. The number of aliphatic carboxylic acids is 1. The zero-order valence-corrected chi connectivity index (χ0v) is 10.2. The average molecular weight is 230 g/mol. The molecule has 0 bridgehead atoms. The number of carboxylic acid groups (broad SMARTS) is 1. The fourth-order valence-corrected chi connectivity index (χ4v) is 1.46. The molecule has 0 aromatic heterocycles. The van der Waals surface area contributed by atoms with E-state index in [2.05, 4.69) is 5.32 Å². The van der Waals surface area contributed by atoms with Crippen LogP contribution in [0.2, 0.25) is 0 Å². The first-order valence-corrected chi connectivity index (χ1v) is 5.66. The predicted octanol–water partition coefficient (Wildman–Crippen LogP) is 0.729. The average Bonchev–Trinajstić information content (AvgIpc) is 2.13. The van der Waals surface area contributed by atoms with E-state index in [0.29, 0.717) is 0 Å². The van der Waals surface area contributed by atoms with Gasteiger partial charge in [-0.05, 0) is 12.3 Å². The lowest BCUT2D eigenvalue weighted by Crippen LogP contribution is -2.45. The smallest absolute Gasteiger partial charge is 0.326 e. The summed E-state index contributed by atoms with van der Waals surface area (Å²) >= 11 is 0. The van der Waals surface area contributed by atoms with E-state index in [0.717, 1.165) is 12.8 Å². The van der Waals surface area contributed by atoms with Gasteiger partial charge in [0.05, 0.1) is 0 Å². The van der Waals surface area contributed by atoms with Crippen LogP contribution in [0.15, 0.2) is 0 Å². The molecular formula is C11H22N2O3. The second-order valence-electron chi connectivity index (χ2n) is 4.38. The van der Waals surface area contributed by atoms with E-state index in [1.165, 1.54) is 0 Å². The van der Waals surface area contributed by atoms with Crippen molar-refractivity contribution in [3.05, 3.63) is 0 Å². The summed E-state index contributed by atoms with van der Waals surface area (Å²) in [6.07, 6.45) is 1.87. The minimum absolute atomic E-state index is 0.135. The number of hydrogen-bond donors (Lipinski definition) is 3. The van der Waals surface area contributed by atoms with Gasteiger partial charge in [0.2, 0.25) is 5.91 Å². The van der Waals surface area contributed by atoms with Gasteiger partial charge in [0.1, 0.15) is 6.04 Å². The highest BCUT2D eigenvalue weighted by molar-refractivity contribution is 5.83. The van der Waals surface area contributed by atoms with Crippen LogP contribution in [0.1, 0.15) is 40.0 Å². The van der Waals surface area contributed by atoms with Crippen molar-refractivity contribution >= 4 is 11.9 Å². The first-order valence-electron chi connectivity index (χ1n) is 5.66. The Morgan fingerprint density at radius 1 is 1.38 bits per heavy atom. The Hall–Kier alpha value is -1.10. The van der Waals surface area contributed by atoms with Crippen LogP contribution in [0, 0.1) is 5.92 Å². The Bertz CT molecular complexity index is 241. The molecule has 5 heteroatoms. The normalized spacial score (nSPS) is 14.6. The SMILES string of the molecule is CCCC(N)CC(=O)N[C@@H](C(=O)O)C(C)C. The van der Waals surface area contributed by atoms with Crippen molar-refractivity contribution in [2.75, 3.05) is 0 Å². The maximum atomic E-state index is 11.5. The molecule has 0 aromatic carbocycles. The van der Waals surface area contributed by atoms with Crippen LogP contribution in [-0.2, 0) is 9.59 Å². The van der Waals surface area contributed by atoms with Crippen LogP contribution >= 0.6 is 0 Å². The van der Waals surface area contributed by atoms with Gasteiger partial charge in [-0.1, -0.05) is 27.2 Å². The Kier molecular flexibility index (Phi) is 6.72. The molecule has 1 amide bonds. The molecule has 94 valence electrons. The molecule has 0 radical (unpaired) electrons. The van der Waals surface area contributed by atoms with Gasteiger partial charge in [0, 0.05) is 12.5 Å². The summed E-state index contributed by atoms with van der Waals surface area (Å²) < 4.78 is 0. The van der Waals surface area contributed by atoms with Gasteiger partial charge in [-0.2, -0.15) is 0 Å². The lowest BCUT2D eigenvalue weighted by molar-refractivity contribution is -0.143. The molecule has 0 spiro atoms. The molecule has 0 aromatic rings. The van der Waals surface area contributed by atoms with E-state index in [1.807, 2.05) is 6.92 Å². The summed E-state index contributed by atoms with van der Waals surface area (Å²) in [4.78, 5) is 22.3. The fraction of sp³-hybridized carbons (Fsp3) is 0.818. The maximum Gasteiger partial charge on any atom is 0.326 e. The summed E-state index contributed by atoms with van der Waals surface area (Å²) in [6.45, 7) is 5.50. The molecule has 16 heavy (non-hydrogen) atoms. The zero-order chi connectivity index (χ0) is 12.7. The first kappa shape index (κ1) is 14.9. The molecule has 0 rings (SSSR count). The fourth-order valence-electron chi connectivity index (χ4n) is 1.46. The van der Waals surface area contributed by atoms with Crippen molar-refractivity contribution in [1.82, 2.24) is 5.32 Å². The third kappa shape index (κ3) is 5.70. The highest BCUT2D eigenvalue weighted by Crippen LogP contribution is 2.04. The second kappa shape index (κ2) is 7.22. The van der Waals surface area contributed by atoms with Crippen LogP contribution < -0.4 is 11.1 Å². The minimum Gasteiger partial charge on any atom is -0.480 e. The van der Waals surface area contributed by atoms with Crippen molar-refractivity contribution < 1.29 is 14.7 Å². The molecule has 0 aliphatic heterocycles. The first-order chi connectivity index (χ1) is 7.38. The monoisotopic (exact) mass is 230 g/mol. The Balaban J connectivity index is 4.15. The van der Waals surface area contributed by atoms with E-state index in [1.54, 1.807) is 13.8 Å². The van der Waals surface area contributed by atoms with Gasteiger partial charge in [0.25, 0.3) is 0 Å². The number of rotatable bonds is 7. The van der Waals surface area contributed by atoms with E-state index < -0.39 is 12.0 Å². The number of hydrogen-bond acceptors (Lipinski definition) is 3. The van der Waals surface area contributed by atoms with Crippen LogP contribution in [0.4, 0.5) is 0 Å². The van der Waals surface area contributed by atoms with Crippen LogP contribution in [0.5, 0.6) is 0 Å². The minimum atomic E-state index is -1.01. The third-order valence-electron chi connectivity index (χ3n) is 2.36. The topological polar surface area (TPSA) is 92.4 Å². The number of nitrogens with one attached hydrogen (secondary N) is 1. The van der Waals surface area contributed by atoms with Crippen molar-refractivity contribution in [3.8, 4) is 0 Å². The molecule has 5 nitrogen and oxygen atoms in total. The Morgan fingerprint density at radius 2 is 1.94 bits per heavy atom. The highest BCUT2D eigenvalue weighted by atomic mass is 16.4. The number of carbonyl (C=O) groups excluding carboxylic acids is 1. The number of carboxylic acids is 1. The molecule has 0 heterocycles. The molecule has 0 fully saturated rings.